The molecule has 1 aromatic carbocycles. The molecule has 0 radical (unpaired) electrons. The van der Waals surface area contributed by atoms with E-state index < -0.39 is 40.4 Å². The van der Waals surface area contributed by atoms with E-state index in [0.29, 0.717) is 12.1 Å². The first-order valence-electron chi connectivity index (χ1n) is 5.71. The number of carboxylic acid groups (broad SMARTS) is 1. The van der Waals surface area contributed by atoms with Crippen molar-refractivity contribution in [1.82, 2.24) is 4.90 Å². The lowest BCUT2D eigenvalue weighted by molar-refractivity contribution is -0.142. The Labute approximate surface area is 111 Å². The number of hydrogen-bond donors (Lipinski definition) is 2. The normalized spacial score (nSPS) is 22.1. The zero-order valence-corrected chi connectivity index (χ0v) is 10.2. The van der Waals surface area contributed by atoms with Crippen LogP contribution < -0.4 is 5.73 Å². The average Bonchev–Trinajstić information content (AvgIpc) is 2.78. The van der Waals surface area contributed by atoms with Crippen molar-refractivity contribution in [2.45, 2.75) is 12.0 Å². The SMILES string of the molecule is NC1(C(=O)O)CCN(C(=O)c2cc(F)c(F)c(F)c2)C1. The minimum absolute atomic E-state index is 0.0280. The second-order valence-electron chi connectivity index (χ2n) is 4.69. The van der Waals surface area contributed by atoms with E-state index in [9.17, 15) is 22.8 Å². The van der Waals surface area contributed by atoms with Gasteiger partial charge < -0.3 is 15.7 Å². The van der Waals surface area contributed by atoms with Crippen LogP contribution in [0.25, 0.3) is 0 Å². The van der Waals surface area contributed by atoms with Crippen LogP contribution in [0.1, 0.15) is 16.8 Å². The van der Waals surface area contributed by atoms with Crippen LogP contribution in [0.15, 0.2) is 12.1 Å². The van der Waals surface area contributed by atoms with Crippen LogP contribution in [0.4, 0.5) is 13.2 Å². The summed E-state index contributed by atoms with van der Waals surface area (Å²) in [7, 11) is 0. The molecular weight excluding hydrogens is 277 g/mol. The number of likely N-dealkylation sites (tertiary alicyclic amines) is 1. The van der Waals surface area contributed by atoms with Crippen molar-refractivity contribution in [3.63, 3.8) is 0 Å². The lowest BCUT2D eigenvalue weighted by Crippen LogP contribution is -2.50. The standard InChI is InChI=1S/C12H11F3N2O3/c13-7-3-6(4-8(14)9(7)15)10(18)17-2-1-12(16,5-17)11(19)20/h3-4H,1-2,5,16H2,(H,19,20). The molecule has 1 fully saturated rings. The summed E-state index contributed by atoms with van der Waals surface area (Å²) < 4.78 is 38.9. The summed E-state index contributed by atoms with van der Waals surface area (Å²) in [6.45, 7) is -0.232. The van der Waals surface area contributed by atoms with Gasteiger partial charge in [0.1, 0.15) is 5.54 Å². The molecule has 1 aliphatic heterocycles. The summed E-state index contributed by atoms with van der Waals surface area (Å²) in [4.78, 5) is 24.0. The third kappa shape index (κ3) is 2.34. The Morgan fingerprint density at radius 3 is 2.25 bits per heavy atom. The molecule has 8 heteroatoms. The van der Waals surface area contributed by atoms with Crippen LogP contribution in [-0.4, -0.2) is 40.5 Å². The highest BCUT2D eigenvalue weighted by molar-refractivity contribution is 5.95. The summed E-state index contributed by atoms with van der Waals surface area (Å²) in [5.41, 5.74) is 3.62. The molecule has 0 aliphatic carbocycles. The van der Waals surface area contributed by atoms with Gasteiger partial charge in [-0.05, 0) is 18.6 Å². The van der Waals surface area contributed by atoms with Crippen molar-refractivity contribution in [3.8, 4) is 0 Å². The maximum atomic E-state index is 13.1. The number of carbonyl (C=O) groups is 2. The first-order valence-corrected chi connectivity index (χ1v) is 5.71. The quantitative estimate of drug-likeness (QED) is 0.786. The van der Waals surface area contributed by atoms with Gasteiger partial charge in [-0.15, -0.1) is 0 Å². The number of aliphatic carboxylic acids is 1. The molecule has 20 heavy (non-hydrogen) atoms. The molecule has 1 heterocycles. The van der Waals surface area contributed by atoms with Gasteiger partial charge in [0, 0.05) is 18.7 Å². The van der Waals surface area contributed by atoms with E-state index in [1.807, 2.05) is 0 Å². The number of carboxylic acids is 1. The zero-order valence-electron chi connectivity index (χ0n) is 10.2. The van der Waals surface area contributed by atoms with E-state index in [1.54, 1.807) is 0 Å². The third-order valence-electron chi connectivity index (χ3n) is 3.24. The minimum Gasteiger partial charge on any atom is -0.480 e. The predicted octanol–water partition coefficient (Wildman–Crippen LogP) is 0.732. The maximum Gasteiger partial charge on any atom is 0.325 e. The molecule has 3 N–H and O–H groups in total. The van der Waals surface area contributed by atoms with E-state index in [2.05, 4.69) is 0 Å². The molecule has 1 saturated heterocycles. The Hall–Kier alpha value is -2.09. The Morgan fingerprint density at radius 2 is 1.80 bits per heavy atom. The number of amides is 1. The van der Waals surface area contributed by atoms with Crippen molar-refractivity contribution in [2.24, 2.45) is 5.73 Å². The molecule has 2 rings (SSSR count). The van der Waals surface area contributed by atoms with E-state index in [1.165, 1.54) is 0 Å². The van der Waals surface area contributed by atoms with E-state index in [-0.39, 0.29) is 19.5 Å². The molecule has 0 spiro atoms. The highest BCUT2D eigenvalue weighted by atomic mass is 19.2. The maximum absolute atomic E-state index is 13.1. The molecule has 1 amide bonds. The Balaban J connectivity index is 2.24. The summed E-state index contributed by atoms with van der Waals surface area (Å²) in [5, 5.41) is 8.93. The van der Waals surface area contributed by atoms with Crippen LogP contribution in [0, 0.1) is 17.5 Å². The first kappa shape index (κ1) is 14.3. The van der Waals surface area contributed by atoms with E-state index in [0.717, 1.165) is 4.90 Å². The fraction of sp³-hybridized carbons (Fsp3) is 0.333. The van der Waals surface area contributed by atoms with Crippen molar-refractivity contribution in [1.29, 1.82) is 0 Å². The smallest absolute Gasteiger partial charge is 0.325 e. The molecule has 1 aliphatic rings. The highest BCUT2D eigenvalue weighted by Crippen LogP contribution is 2.22. The molecule has 1 atom stereocenters. The topological polar surface area (TPSA) is 83.6 Å². The van der Waals surface area contributed by atoms with Gasteiger partial charge in [-0.3, -0.25) is 9.59 Å². The van der Waals surface area contributed by atoms with Crippen LogP contribution in [0.3, 0.4) is 0 Å². The number of hydrogen-bond acceptors (Lipinski definition) is 3. The lowest BCUT2D eigenvalue weighted by atomic mass is 10.0. The Kier molecular flexibility index (Phi) is 3.43. The van der Waals surface area contributed by atoms with E-state index >= 15 is 0 Å². The summed E-state index contributed by atoms with van der Waals surface area (Å²) in [6.07, 6.45) is 0.0280. The second kappa shape index (κ2) is 4.78. The lowest BCUT2D eigenvalue weighted by Gasteiger charge is -2.20. The molecule has 0 saturated carbocycles. The van der Waals surface area contributed by atoms with Crippen LogP contribution in [-0.2, 0) is 4.79 Å². The summed E-state index contributed by atoms with van der Waals surface area (Å²) in [5.74, 6) is -6.68. The third-order valence-corrected chi connectivity index (χ3v) is 3.24. The number of halogens is 3. The minimum atomic E-state index is -1.67. The number of nitrogens with zero attached hydrogens (tertiary/aromatic N) is 1. The first-order chi connectivity index (χ1) is 9.24. The monoisotopic (exact) mass is 288 g/mol. The van der Waals surface area contributed by atoms with Gasteiger partial charge in [0.05, 0.1) is 0 Å². The van der Waals surface area contributed by atoms with Crippen LogP contribution in [0.5, 0.6) is 0 Å². The highest BCUT2D eigenvalue weighted by Gasteiger charge is 2.43. The summed E-state index contributed by atoms with van der Waals surface area (Å²) in [6, 6.07) is 1.13. The number of carbonyl (C=O) groups excluding carboxylic acids is 1. The van der Waals surface area contributed by atoms with Gasteiger partial charge in [0.15, 0.2) is 17.5 Å². The van der Waals surface area contributed by atoms with Crippen molar-refractivity contribution >= 4 is 11.9 Å². The van der Waals surface area contributed by atoms with Crippen molar-refractivity contribution < 1.29 is 27.9 Å². The largest absolute Gasteiger partial charge is 0.480 e. The van der Waals surface area contributed by atoms with Crippen LogP contribution in [0.2, 0.25) is 0 Å². The molecule has 108 valence electrons. The fourth-order valence-corrected chi connectivity index (χ4v) is 2.04. The molecular formula is C12H11F3N2O3. The number of nitrogens with two attached hydrogens (primary N) is 1. The van der Waals surface area contributed by atoms with Crippen molar-refractivity contribution in [3.05, 3.63) is 35.1 Å². The van der Waals surface area contributed by atoms with E-state index in [4.69, 9.17) is 10.8 Å². The second-order valence-corrected chi connectivity index (χ2v) is 4.69. The Bertz CT molecular complexity index is 570. The van der Waals surface area contributed by atoms with Gasteiger partial charge in [-0.1, -0.05) is 0 Å². The van der Waals surface area contributed by atoms with Gasteiger partial charge in [-0.25, -0.2) is 13.2 Å². The Morgan fingerprint density at radius 1 is 1.25 bits per heavy atom. The molecule has 1 aromatic rings. The van der Waals surface area contributed by atoms with Gasteiger partial charge in [0.2, 0.25) is 0 Å². The molecule has 5 nitrogen and oxygen atoms in total. The van der Waals surface area contributed by atoms with Crippen molar-refractivity contribution in [2.75, 3.05) is 13.1 Å². The van der Waals surface area contributed by atoms with Crippen LogP contribution >= 0.6 is 0 Å². The van der Waals surface area contributed by atoms with Gasteiger partial charge in [0.25, 0.3) is 5.91 Å². The molecule has 1 unspecified atom stereocenters. The zero-order chi connectivity index (χ0) is 15.1. The number of rotatable bonds is 2. The van der Waals surface area contributed by atoms with Gasteiger partial charge in [-0.2, -0.15) is 0 Å². The van der Waals surface area contributed by atoms with Gasteiger partial charge >= 0.3 is 5.97 Å². The summed E-state index contributed by atoms with van der Waals surface area (Å²) >= 11 is 0. The predicted molar refractivity (Wildman–Crippen MR) is 61.4 cm³/mol. The average molecular weight is 288 g/mol. The number of benzene rings is 1. The molecule has 0 bridgehead atoms. The molecule has 0 aromatic heterocycles. The fourth-order valence-electron chi connectivity index (χ4n) is 2.04.